The van der Waals surface area contributed by atoms with E-state index in [1.54, 1.807) is 0 Å². The Hall–Kier alpha value is -4.44. The van der Waals surface area contributed by atoms with Crippen molar-refractivity contribution in [2.75, 3.05) is 9.80 Å². The van der Waals surface area contributed by atoms with E-state index in [2.05, 4.69) is 166 Å². The number of nitrogens with zero attached hydrogens (tertiary/aromatic N) is 2. The number of rotatable bonds is 3. The second kappa shape index (κ2) is 12.1. The third kappa shape index (κ3) is 5.18. The Morgan fingerprint density at radius 3 is 1.97 bits per heavy atom. The van der Waals surface area contributed by atoms with Crippen LogP contribution in [0.3, 0.4) is 0 Å². The highest BCUT2D eigenvalue weighted by atomic mass is 16.3. The van der Waals surface area contributed by atoms with Crippen LogP contribution in [-0.4, -0.2) is 6.71 Å². The summed E-state index contributed by atoms with van der Waals surface area (Å²) >= 11 is 0. The van der Waals surface area contributed by atoms with Gasteiger partial charge in [0.2, 0.25) is 0 Å². The minimum atomic E-state index is -0.0730. The van der Waals surface area contributed by atoms with Gasteiger partial charge in [-0.05, 0) is 171 Å². The molecule has 0 saturated heterocycles. The molecule has 3 nitrogen and oxygen atoms in total. The van der Waals surface area contributed by atoms with E-state index in [9.17, 15) is 0 Å². The molecule has 2 aliphatic heterocycles. The Balaban J connectivity index is 1.32. The van der Waals surface area contributed by atoms with E-state index in [0.717, 1.165) is 22.6 Å². The first-order chi connectivity index (χ1) is 27.3. The first-order valence-corrected chi connectivity index (χ1v) is 22.3. The van der Waals surface area contributed by atoms with Crippen molar-refractivity contribution in [1.82, 2.24) is 0 Å². The van der Waals surface area contributed by atoms with Crippen LogP contribution in [0.15, 0.2) is 89.5 Å². The third-order valence-corrected chi connectivity index (χ3v) is 15.9. The number of hydrogen-bond acceptors (Lipinski definition) is 3. The third-order valence-electron chi connectivity index (χ3n) is 15.9. The Kier molecular flexibility index (Phi) is 7.87. The van der Waals surface area contributed by atoms with Gasteiger partial charge in [0.05, 0.1) is 11.3 Å². The molecule has 0 unspecified atom stereocenters. The summed E-state index contributed by atoms with van der Waals surface area (Å²) in [6.45, 7) is 33.6. The van der Waals surface area contributed by atoms with Gasteiger partial charge in [-0.15, -0.1) is 0 Å². The maximum Gasteiger partial charge on any atom is 0.297 e. The maximum atomic E-state index is 7.41. The summed E-state index contributed by atoms with van der Waals surface area (Å²) in [4.78, 5) is 5.04. The van der Waals surface area contributed by atoms with Crippen molar-refractivity contribution in [3.63, 3.8) is 0 Å². The molecule has 0 bridgehead atoms. The van der Waals surface area contributed by atoms with Crippen molar-refractivity contribution < 1.29 is 4.42 Å². The molecule has 5 aliphatic rings. The molecule has 10 rings (SSSR count). The lowest BCUT2D eigenvalue weighted by Crippen LogP contribution is -2.61. The van der Waals surface area contributed by atoms with Crippen LogP contribution in [-0.2, 0) is 27.1 Å². The molecule has 0 N–H and O–H groups in total. The van der Waals surface area contributed by atoms with Crippen LogP contribution in [0.1, 0.15) is 161 Å². The molecule has 3 aliphatic carbocycles. The minimum absolute atomic E-state index is 0.0598. The highest BCUT2D eigenvalue weighted by Crippen LogP contribution is 2.53. The van der Waals surface area contributed by atoms with Crippen LogP contribution in [0.25, 0.3) is 11.0 Å². The Bertz CT molecular complexity index is 2630. The van der Waals surface area contributed by atoms with Gasteiger partial charge < -0.3 is 14.2 Å². The lowest BCUT2D eigenvalue weighted by Gasteiger charge is -2.47. The minimum Gasteiger partial charge on any atom is -0.468 e. The summed E-state index contributed by atoms with van der Waals surface area (Å²) in [5.74, 6) is 0.501. The summed E-state index contributed by atoms with van der Waals surface area (Å²) in [6, 6.07) is 24.5. The van der Waals surface area contributed by atoms with E-state index in [1.165, 1.54) is 111 Å². The van der Waals surface area contributed by atoms with Crippen molar-refractivity contribution in [2.45, 2.75) is 155 Å². The average molecular weight is 767 g/mol. The number of fused-ring (bicyclic) bond motifs is 9. The summed E-state index contributed by atoms with van der Waals surface area (Å²) in [7, 11) is 0. The summed E-state index contributed by atoms with van der Waals surface area (Å²) < 4.78 is 7.41. The van der Waals surface area contributed by atoms with Crippen LogP contribution >= 0.6 is 0 Å². The van der Waals surface area contributed by atoms with E-state index in [1.807, 2.05) is 0 Å². The average Bonchev–Trinajstić information content (AvgIpc) is 3.54. The molecule has 0 spiro atoms. The monoisotopic (exact) mass is 767 g/mol. The predicted molar refractivity (Wildman–Crippen MR) is 249 cm³/mol. The fourth-order valence-corrected chi connectivity index (χ4v) is 12.0. The molecule has 4 heteroatoms. The smallest absolute Gasteiger partial charge is 0.297 e. The lowest BCUT2D eigenvalue weighted by molar-refractivity contribution is 0.332. The van der Waals surface area contributed by atoms with E-state index in [0.29, 0.717) is 5.92 Å². The molecular weight excluding hydrogens is 703 g/mol. The van der Waals surface area contributed by atoms with Gasteiger partial charge in [0.25, 0.3) is 6.71 Å². The molecule has 1 aromatic heterocycles. The van der Waals surface area contributed by atoms with Gasteiger partial charge in [-0.25, -0.2) is 0 Å². The number of benzene rings is 4. The van der Waals surface area contributed by atoms with E-state index in [-0.39, 0.29) is 33.8 Å². The molecule has 0 saturated carbocycles. The van der Waals surface area contributed by atoms with E-state index >= 15 is 0 Å². The fraction of sp³-hybridized carbons (Fsp3) is 0.444. The Morgan fingerprint density at radius 1 is 0.690 bits per heavy atom. The molecule has 1 atom stereocenters. The van der Waals surface area contributed by atoms with Crippen LogP contribution in [0.5, 0.6) is 0 Å². The molecular formula is C54H63BN2O. The quantitative estimate of drug-likeness (QED) is 0.132. The molecule has 58 heavy (non-hydrogen) atoms. The van der Waals surface area contributed by atoms with Crippen LogP contribution in [0, 0.1) is 0 Å². The van der Waals surface area contributed by atoms with Crippen LogP contribution < -0.4 is 26.4 Å². The normalized spacial score (nSPS) is 22.5. The van der Waals surface area contributed by atoms with Crippen molar-refractivity contribution in [3.8, 4) is 0 Å². The number of hydrogen-bond donors (Lipinski definition) is 0. The zero-order chi connectivity index (χ0) is 41.1. The molecule has 3 heterocycles. The van der Waals surface area contributed by atoms with Crippen LogP contribution in [0.4, 0.5) is 28.4 Å². The number of anilines is 5. The molecule has 4 aromatic carbocycles. The largest absolute Gasteiger partial charge is 0.468 e. The lowest BCUT2D eigenvalue weighted by atomic mass is 9.35. The van der Waals surface area contributed by atoms with Crippen molar-refractivity contribution in [3.05, 3.63) is 118 Å². The van der Waals surface area contributed by atoms with Gasteiger partial charge in [0, 0.05) is 33.8 Å². The van der Waals surface area contributed by atoms with E-state index in [4.69, 9.17) is 11.0 Å². The predicted octanol–water partition coefficient (Wildman–Crippen LogP) is 13.1. The summed E-state index contributed by atoms with van der Waals surface area (Å²) in [5, 5.41) is 1.19. The molecule has 0 amide bonds. The topological polar surface area (TPSA) is 19.6 Å². The zero-order valence-corrected chi connectivity index (χ0v) is 37.3. The van der Waals surface area contributed by atoms with Crippen molar-refractivity contribution >= 4 is 62.7 Å². The highest BCUT2D eigenvalue weighted by Gasteiger charge is 2.49. The van der Waals surface area contributed by atoms with Crippen LogP contribution in [0.2, 0.25) is 0 Å². The van der Waals surface area contributed by atoms with Gasteiger partial charge in [-0.1, -0.05) is 107 Å². The second-order valence-corrected chi connectivity index (χ2v) is 22.1. The number of furan rings is 1. The van der Waals surface area contributed by atoms with Gasteiger partial charge in [-0.2, -0.15) is 0 Å². The van der Waals surface area contributed by atoms with Gasteiger partial charge >= 0.3 is 0 Å². The maximum absolute atomic E-state index is 7.41. The van der Waals surface area contributed by atoms with Gasteiger partial charge in [-0.3, -0.25) is 0 Å². The Morgan fingerprint density at radius 2 is 1.29 bits per heavy atom. The zero-order valence-electron chi connectivity index (χ0n) is 37.3. The molecule has 0 fully saturated rings. The molecule has 5 aromatic rings. The first-order valence-electron chi connectivity index (χ1n) is 22.3. The Labute approximate surface area is 348 Å². The fourth-order valence-electron chi connectivity index (χ4n) is 12.0. The summed E-state index contributed by atoms with van der Waals surface area (Å²) in [5.41, 5.74) is 21.0. The van der Waals surface area contributed by atoms with Gasteiger partial charge in [0.15, 0.2) is 0 Å². The standard InChI is InChI=1S/C54H63BN2O/c1-14-16-33(3)56-43-17-15-18-44-47(43)55(49-48(56)36-28-38-35(29-46(36)58-49)32(2)21-22-50(38,4)5)42-30-40-41(54(12,13)26-25-53(40,10)11)31-45(42)57(44)34-19-20-37-39(27-34)52(8,9)24-23-51(37,6)7/h14-20,27-32H,3,21-26H2,1-2,4-13H3/b16-14-/t32-/m0/s1. The summed E-state index contributed by atoms with van der Waals surface area (Å²) in [6.07, 6.45) is 11.4. The SMILES string of the molecule is C=C(/C=C\C)N1c2cccc3c2B(c2cc4c(cc2N3c2ccc3c(c2)C(C)(C)CCC3(C)C)C(C)(C)CCC4(C)C)c2oc3cc4c(cc3c21)C(C)(C)CC[C@@H]4C. The highest BCUT2D eigenvalue weighted by molar-refractivity contribution is 7.00. The van der Waals surface area contributed by atoms with Crippen molar-refractivity contribution in [2.24, 2.45) is 0 Å². The van der Waals surface area contributed by atoms with E-state index < -0.39 is 0 Å². The van der Waals surface area contributed by atoms with Gasteiger partial charge in [0.1, 0.15) is 5.58 Å². The molecule has 0 radical (unpaired) electrons. The number of allylic oxidation sites excluding steroid dienone is 2. The van der Waals surface area contributed by atoms with Crippen molar-refractivity contribution in [1.29, 1.82) is 0 Å². The first kappa shape index (κ1) is 37.8. The molecule has 298 valence electrons. The second-order valence-electron chi connectivity index (χ2n) is 22.1.